The van der Waals surface area contributed by atoms with Gasteiger partial charge >= 0.3 is 0 Å². The summed E-state index contributed by atoms with van der Waals surface area (Å²) in [6, 6.07) is 5.60. The zero-order chi connectivity index (χ0) is 13.5. The number of rotatable bonds is 7. The van der Waals surface area contributed by atoms with Gasteiger partial charge < -0.3 is 19.9 Å². The van der Waals surface area contributed by atoms with Crippen LogP contribution in [-0.2, 0) is 4.74 Å². The summed E-state index contributed by atoms with van der Waals surface area (Å²) in [6.45, 7) is 2.83. The van der Waals surface area contributed by atoms with E-state index in [0.717, 1.165) is 23.5 Å². The maximum Gasteiger partial charge on any atom is 0.123 e. The maximum atomic E-state index is 6.24. The summed E-state index contributed by atoms with van der Waals surface area (Å²) in [5.74, 6) is 1.99. The van der Waals surface area contributed by atoms with Crippen LogP contribution in [0.4, 0.5) is 0 Å². The first kappa shape index (κ1) is 14.8. The van der Waals surface area contributed by atoms with Crippen LogP contribution in [-0.4, -0.2) is 27.9 Å². The highest BCUT2D eigenvalue weighted by Crippen LogP contribution is 2.31. The lowest BCUT2D eigenvalue weighted by molar-refractivity contribution is 0.152. The molecule has 0 radical (unpaired) electrons. The third-order valence-corrected chi connectivity index (χ3v) is 2.94. The molecule has 2 atom stereocenters. The van der Waals surface area contributed by atoms with Crippen molar-refractivity contribution in [1.82, 2.24) is 0 Å². The van der Waals surface area contributed by atoms with Crippen LogP contribution in [0.25, 0.3) is 0 Å². The molecule has 4 heteroatoms. The van der Waals surface area contributed by atoms with Crippen LogP contribution in [0, 0.1) is 5.92 Å². The Hall–Kier alpha value is -1.26. The minimum atomic E-state index is -0.0831. The van der Waals surface area contributed by atoms with Crippen LogP contribution in [0.5, 0.6) is 11.5 Å². The standard InChI is InChI=1S/C14H23NO3/c1-10(9-16-2)7-13(15)12-8-11(17-3)5-6-14(12)18-4/h5-6,8,10,13H,7,9,15H2,1-4H3. The molecule has 1 aromatic carbocycles. The molecule has 0 aliphatic carbocycles. The molecule has 0 aliphatic heterocycles. The van der Waals surface area contributed by atoms with E-state index in [9.17, 15) is 0 Å². The van der Waals surface area contributed by atoms with Gasteiger partial charge in [0.1, 0.15) is 11.5 Å². The molecule has 0 spiro atoms. The predicted molar refractivity (Wildman–Crippen MR) is 72.1 cm³/mol. The van der Waals surface area contributed by atoms with E-state index >= 15 is 0 Å². The summed E-state index contributed by atoms with van der Waals surface area (Å²) < 4.78 is 15.7. The van der Waals surface area contributed by atoms with Crippen LogP contribution in [0.3, 0.4) is 0 Å². The van der Waals surface area contributed by atoms with E-state index in [-0.39, 0.29) is 6.04 Å². The smallest absolute Gasteiger partial charge is 0.123 e. The Morgan fingerprint density at radius 2 is 1.89 bits per heavy atom. The molecule has 102 valence electrons. The van der Waals surface area contributed by atoms with Crippen LogP contribution >= 0.6 is 0 Å². The van der Waals surface area contributed by atoms with Gasteiger partial charge in [-0.25, -0.2) is 0 Å². The fraction of sp³-hybridized carbons (Fsp3) is 0.571. The van der Waals surface area contributed by atoms with Crippen molar-refractivity contribution in [3.05, 3.63) is 23.8 Å². The van der Waals surface area contributed by atoms with Gasteiger partial charge in [0.05, 0.1) is 14.2 Å². The van der Waals surface area contributed by atoms with Crippen molar-refractivity contribution >= 4 is 0 Å². The van der Waals surface area contributed by atoms with Crippen molar-refractivity contribution in [2.45, 2.75) is 19.4 Å². The van der Waals surface area contributed by atoms with Crippen molar-refractivity contribution in [2.24, 2.45) is 11.7 Å². The van der Waals surface area contributed by atoms with Gasteiger partial charge in [-0.1, -0.05) is 6.92 Å². The summed E-state index contributed by atoms with van der Waals surface area (Å²) in [4.78, 5) is 0. The summed E-state index contributed by atoms with van der Waals surface area (Å²) in [6.07, 6.45) is 0.845. The van der Waals surface area contributed by atoms with Crippen molar-refractivity contribution in [3.63, 3.8) is 0 Å². The second-order valence-electron chi connectivity index (χ2n) is 4.51. The average molecular weight is 253 g/mol. The van der Waals surface area contributed by atoms with Crippen molar-refractivity contribution in [2.75, 3.05) is 27.9 Å². The lowest BCUT2D eigenvalue weighted by Crippen LogP contribution is -2.17. The molecule has 0 fully saturated rings. The van der Waals surface area contributed by atoms with E-state index in [1.807, 2.05) is 18.2 Å². The number of methoxy groups -OCH3 is 3. The molecule has 0 amide bonds. The van der Waals surface area contributed by atoms with Crippen molar-refractivity contribution < 1.29 is 14.2 Å². The van der Waals surface area contributed by atoms with Gasteiger partial charge in [-0.2, -0.15) is 0 Å². The third kappa shape index (κ3) is 3.89. The molecule has 0 bridgehead atoms. The van der Waals surface area contributed by atoms with Crippen LogP contribution in [0.2, 0.25) is 0 Å². The molecular weight excluding hydrogens is 230 g/mol. The topological polar surface area (TPSA) is 53.7 Å². The normalized spacial score (nSPS) is 14.1. The Morgan fingerprint density at radius 3 is 2.44 bits per heavy atom. The molecule has 0 saturated heterocycles. The van der Waals surface area contributed by atoms with E-state index in [4.69, 9.17) is 19.9 Å². The molecule has 1 aromatic rings. The van der Waals surface area contributed by atoms with Gasteiger partial charge in [-0.05, 0) is 30.5 Å². The largest absolute Gasteiger partial charge is 0.497 e. The van der Waals surface area contributed by atoms with Gasteiger partial charge in [0.25, 0.3) is 0 Å². The van der Waals surface area contributed by atoms with Gasteiger partial charge in [0.2, 0.25) is 0 Å². The minimum absolute atomic E-state index is 0.0831. The molecule has 0 saturated carbocycles. The highest BCUT2D eigenvalue weighted by Gasteiger charge is 2.16. The molecule has 2 N–H and O–H groups in total. The number of ether oxygens (including phenoxy) is 3. The Bertz CT molecular complexity index is 368. The zero-order valence-electron chi connectivity index (χ0n) is 11.6. The second-order valence-corrected chi connectivity index (χ2v) is 4.51. The number of nitrogens with two attached hydrogens (primary N) is 1. The number of benzene rings is 1. The molecule has 0 heterocycles. The van der Waals surface area contributed by atoms with Gasteiger partial charge in [0.15, 0.2) is 0 Å². The lowest BCUT2D eigenvalue weighted by atomic mass is 9.96. The summed E-state index contributed by atoms with van der Waals surface area (Å²) >= 11 is 0. The molecular formula is C14H23NO3. The molecule has 0 aromatic heterocycles. The third-order valence-electron chi connectivity index (χ3n) is 2.94. The highest BCUT2D eigenvalue weighted by atomic mass is 16.5. The Morgan fingerprint density at radius 1 is 1.17 bits per heavy atom. The molecule has 18 heavy (non-hydrogen) atoms. The first-order valence-electron chi connectivity index (χ1n) is 6.08. The first-order chi connectivity index (χ1) is 8.62. The van der Waals surface area contributed by atoms with Crippen LogP contribution in [0.1, 0.15) is 24.9 Å². The van der Waals surface area contributed by atoms with Gasteiger partial charge in [-0.3, -0.25) is 0 Å². The van der Waals surface area contributed by atoms with E-state index in [0.29, 0.717) is 12.5 Å². The highest BCUT2D eigenvalue weighted by molar-refractivity contribution is 5.42. The SMILES string of the molecule is COCC(C)CC(N)c1cc(OC)ccc1OC. The summed E-state index contributed by atoms with van der Waals surface area (Å²) in [5, 5.41) is 0. The molecule has 4 nitrogen and oxygen atoms in total. The summed E-state index contributed by atoms with van der Waals surface area (Å²) in [5.41, 5.74) is 7.21. The van der Waals surface area contributed by atoms with Crippen molar-refractivity contribution in [3.8, 4) is 11.5 Å². The van der Waals surface area contributed by atoms with Gasteiger partial charge in [0, 0.05) is 25.3 Å². The number of hydrogen-bond acceptors (Lipinski definition) is 4. The molecule has 1 rings (SSSR count). The van der Waals surface area contributed by atoms with Gasteiger partial charge in [-0.15, -0.1) is 0 Å². The van der Waals surface area contributed by atoms with Crippen LogP contribution < -0.4 is 15.2 Å². The number of hydrogen-bond donors (Lipinski definition) is 1. The average Bonchev–Trinajstić information content (AvgIpc) is 2.38. The van der Waals surface area contributed by atoms with E-state index in [1.54, 1.807) is 21.3 Å². The fourth-order valence-electron chi connectivity index (χ4n) is 2.04. The van der Waals surface area contributed by atoms with Crippen LogP contribution in [0.15, 0.2) is 18.2 Å². The quantitative estimate of drug-likeness (QED) is 0.810. The Balaban J connectivity index is 2.85. The Kier molecular flexibility index (Phi) is 5.95. The predicted octanol–water partition coefficient (Wildman–Crippen LogP) is 2.38. The van der Waals surface area contributed by atoms with E-state index in [2.05, 4.69) is 6.92 Å². The van der Waals surface area contributed by atoms with E-state index < -0.39 is 0 Å². The van der Waals surface area contributed by atoms with E-state index in [1.165, 1.54) is 0 Å². The summed E-state index contributed by atoms with van der Waals surface area (Å²) in [7, 11) is 5.00. The lowest BCUT2D eigenvalue weighted by Gasteiger charge is -2.19. The Labute approximate surface area is 109 Å². The maximum absolute atomic E-state index is 6.24. The zero-order valence-corrected chi connectivity index (χ0v) is 11.6. The van der Waals surface area contributed by atoms with Crippen molar-refractivity contribution in [1.29, 1.82) is 0 Å². The second kappa shape index (κ2) is 7.24. The monoisotopic (exact) mass is 253 g/mol. The molecule has 2 unspecified atom stereocenters. The fourth-order valence-corrected chi connectivity index (χ4v) is 2.04. The first-order valence-corrected chi connectivity index (χ1v) is 6.08. The minimum Gasteiger partial charge on any atom is -0.497 e. The molecule has 0 aliphatic rings.